The molecule has 3 aromatic heterocycles. The molecule has 290 valence electrons. The molecule has 0 bridgehead atoms. The Morgan fingerprint density at radius 1 is 0.387 bits per heavy atom. The van der Waals surface area contributed by atoms with Crippen LogP contribution in [0.3, 0.4) is 0 Å². The molecule has 3 heterocycles. The molecule has 0 saturated carbocycles. The van der Waals surface area contributed by atoms with Gasteiger partial charge in [0, 0.05) is 38.4 Å². The number of furan rings is 1. The van der Waals surface area contributed by atoms with E-state index in [2.05, 4.69) is 89.5 Å². The summed E-state index contributed by atoms with van der Waals surface area (Å²) >= 11 is 0. The maximum absolute atomic E-state index is 9.01. The molecule has 12 aromatic rings. The molecule has 0 saturated heterocycles. The Kier molecular flexibility index (Phi) is 7.25. The zero-order valence-corrected chi connectivity index (χ0v) is 33.1. The lowest BCUT2D eigenvalue weighted by molar-refractivity contribution is 0.669. The lowest BCUT2D eigenvalue weighted by atomic mass is 9.98. The summed E-state index contributed by atoms with van der Waals surface area (Å²) in [5.74, 6) is 0.406. The van der Waals surface area contributed by atoms with Crippen LogP contribution < -0.4 is 0 Å². The monoisotopic (exact) mass is 797 g/mol. The Hall–Kier alpha value is -8.41. The van der Waals surface area contributed by atoms with Crippen LogP contribution in [0.5, 0.6) is 0 Å². The van der Waals surface area contributed by atoms with Crippen molar-refractivity contribution in [3.05, 3.63) is 218 Å². The third-order valence-electron chi connectivity index (χ3n) is 11.6. The lowest BCUT2D eigenvalue weighted by Gasteiger charge is -2.13. The molecule has 62 heavy (non-hydrogen) atoms. The van der Waals surface area contributed by atoms with E-state index in [0.717, 1.165) is 71.6 Å². The summed E-state index contributed by atoms with van der Waals surface area (Å²) in [5, 5.41) is 3.95. The molecule has 0 atom stereocenters. The highest BCUT2D eigenvalue weighted by atomic mass is 16.3. The number of nitrogens with zero attached hydrogens (tertiary/aromatic N) is 4. The molecule has 9 aromatic carbocycles. The third kappa shape index (κ3) is 6.06. The summed E-state index contributed by atoms with van der Waals surface area (Å²) in [6.07, 6.45) is 0. The number of hydrogen-bond donors (Lipinski definition) is 0. The molecule has 12 rings (SSSR count). The van der Waals surface area contributed by atoms with Crippen LogP contribution in [0.25, 0.3) is 117 Å². The van der Waals surface area contributed by atoms with Crippen molar-refractivity contribution in [2.75, 3.05) is 0 Å². The van der Waals surface area contributed by atoms with Crippen molar-refractivity contribution in [1.82, 2.24) is 19.5 Å². The highest BCUT2D eigenvalue weighted by Crippen LogP contribution is 2.43. The van der Waals surface area contributed by atoms with Crippen LogP contribution in [0.2, 0.25) is 0 Å². The fourth-order valence-electron chi connectivity index (χ4n) is 8.66. The fourth-order valence-corrected chi connectivity index (χ4v) is 8.66. The fraction of sp³-hybridized carbons (Fsp3) is 0. The van der Waals surface area contributed by atoms with Gasteiger partial charge in [-0.1, -0.05) is 188 Å². The maximum Gasteiger partial charge on any atom is 0.167 e. The lowest BCUT2D eigenvalue weighted by Crippen LogP contribution is -2.01. The van der Waals surface area contributed by atoms with Gasteiger partial charge >= 0.3 is 0 Å². The molecule has 0 aliphatic carbocycles. The van der Waals surface area contributed by atoms with E-state index in [4.69, 9.17) is 26.2 Å². The second kappa shape index (κ2) is 14.7. The van der Waals surface area contributed by atoms with Crippen molar-refractivity contribution in [3.63, 3.8) is 0 Å². The highest BCUT2D eigenvalue weighted by Gasteiger charge is 2.23. The summed E-state index contributed by atoms with van der Waals surface area (Å²) in [5.41, 5.74) is 11.4. The van der Waals surface area contributed by atoms with Crippen molar-refractivity contribution in [3.8, 4) is 73.2 Å². The largest absolute Gasteiger partial charge is 0.455 e. The van der Waals surface area contributed by atoms with Gasteiger partial charge in [-0.25, -0.2) is 15.0 Å². The molecule has 5 heteroatoms. The van der Waals surface area contributed by atoms with Crippen LogP contribution in [0.4, 0.5) is 0 Å². The Morgan fingerprint density at radius 3 is 1.53 bits per heavy atom. The Bertz CT molecular complexity index is 3820. The van der Waals surface area contributed by atoms with Crippen LogP contribution >= 0.6 is 0 Å². The number of aromatic nitrogens is 4. The average molecular weight is 798 g/mol. The van der Waals surface area contributed by atoms with Crippen molar-refractivity contribution < 1.29 is 11.3 Å². The Balaban J connectivity index is 1.11. The molecule has 5 nitrogen and oxygen atoms in total. The summed E-state index contributed by atoms with van der Waals surface area (Å²) in [4.78, 5) is 15.1. The van der Waals surface area contributed by atoms with E-state index in [1.807, 2.05) is 103 Å². The van der Waals surface area contributed by atoms with E-state index in [1.54, 1.807) is 0 Å². The maximum atomic E-state index is 9.01. The summed E-state index contributed by atoms with van der Waals surface area (Å²) in [6, 6.07) is 61.3. The van der Waals surface area contributed by atoms with Crippen LogP contribution in [0.15, 0.2) is 223 Å². The van der Waals surface area contributed by atoms with Gasteiger partial charge in [0.15, 0.2) is 17.5 Å². The Morgan fingerprint density at radius 2 is 0.903 bits per heavy atom. The van der Waals surface area contributed by atoms with Gasteiger partial charge in [-0.2, -0.15) is 0 Å². The number of para-hydroxylation sites is 2. The van der Waals surface area contributed by atoms with E-state index in [-0.39, 0.29) is 23.0 Å². The Labute approximate surface area is 364 Å². The zero-order chi connectivity index (χ0) is 45.3. The first-order chi connectivity index (χ1) is 32.8. The van der Waals surface area contributed by atoms with E-state index in [9.17, 15) is 0 Å². The number of rotatable bonds is 7. The zero-order valence-electron chi connectivity index (χ0n) is 38.1. The molecule has 0 N–H and O–H groups in total. The van der Waals surface area contributed by atoms with Gasteiger partial charge in [0.05, 0.1) is 23.5 Å². The molecular formula is C57H36N4O. The summed E-state index contributed by atoms with van der Waals surface area (Å²) < 4.78 is 52.7. The quantitative estimate of drug-likeness (QED) is 0.161. The molecule has 0 radical (unpaired) electrons. The highest BCUT2D eigenvalue weighted by molar-refractivity contribution is 6.16. The van der Waals surface area contributed by atoms with Crippen molar-refractivity contribution in [1.29, 1.82) is 0 Å². The average Bonchev–Trinajstić information content (AvgIpc) is 3.94. The summed E-state index contributed by atoms with van der Waals surface area (Å²) in [7, 11) is 0. The molecule has 0 spiro atoms. The minimum atomic E-state index is -0.502. The van der Waals surface area contributed by atoms with Gasteiger partial charge in [-0.15, -0.1) is 0 Å². The van der Waals surface area contributed by atoms with E-state index >= 15 is 0 Å². The second-order valence-electron chi connectivity index (χ2n) is 15.2. The minimum absolute atomic E-state index is 0.0610. The molecule has 0 aliphatic heterocycles. The molecule has 0 amide bonds. The van der Waals surface area contributed by atoms with E-state index < -0.39 is 30.2 Å². The first-order valence-electron chi connectivity index (χ1n) is 22.9. The van der Waals surface area contributed by atoms with Crippen LogP contribution in [-0.4, -0.2) is 19.5 Å². The molecule has 0 unspecified atom stereocenters. The van der Waals surface area contributed by atoms with Gasteiger partial charge in [0.1, 0.15) is 11.2 Å². The molecule has 0 fully saturated rings. The normalized spacial score (nSPS) is 12.7. The van der Waals surface area contributed by atoms with Gasteiger partial charge in [0.2, 0.25) is 0 Å². The molecule has 0 aliphatic rings. The first-order valence-corrected chi connectivity index (χ1v) is 20.4. The predicted molar refractivity (Wildman–Crippen MR) is 254 cm³/mol. The van der Waals surface area contributed by atoms with Crippen molar-refractivity contribution in [2.24, 2.45) is 0 Å². The minimum Gasteiger partial charge on any atom is -0.455 e. The number of hydrogen-bond acceptors (Lipinski definition) is 4. The van der Waals surface area contributed by atoms with Crippen LogP contribution in [0.1, 0.15) is 6.85 Å². The van der Waals surface area contributed by atoms with Gasteiger partial charge in [-0.3, -0.25) is 0 Å². The molecular weight excluding hydrogens is 757 g/mol. The smallest absolute Gasteiger partial charge is 0.167 e. The van der Waals surface area contributed by atoms with E-state index in [0.29, 0.717) is 22.3 Å². The SMILES string of the molecule is [2H]c1c([2H])c([2H])c(-c2nc(-c3ccc(-c4ccc(-c5ccccc5)cc4)cc3)nc(-c3cc(-n4c5ccccc5c5ccccc54)cc4c3oc3cccc(-c5ccccc5)c34)n2)c([2H])c1[2H]. The van der Waals surface area contributed by atoms with E-state index in [1.165, 1.54) is 0 Å². The van der Waals surface area contributed by atoms with Crippen LogP contribution in [0, 0.1) is 0 Å². The van der Waals surface area contributed by atoms with Gasteiger partial charge < -0.3 is 8.98 Å². The topological polar surface area (TPSA) is 56.7 Å². The summed E-state index contributed by atoms with van der Waals surface area (Å²) in [6.45, 7) is 0. The standard InChI is InChI=1S/C57H36N4O/c1-4-15-37(16-5-1)38-27-29-39(30-28-38)40-31-33-43(34-32-40)56-58-55(42-19-8-3-9-20-42)59-57(60-56)49-36-44(61-50-24-12-10-21-46(50)47-22-11-13-25-51(47)61)35-48-53-45(41-17-6-2-7-18-41)23-14-26-52(53)62-54(48)49/h1-36H/i3D,8D,9D,19D,20D. The van der Waals surface area contributed by atoms with Crippen molar-refractivity contribution in [2.45, 2.75) is 0 Å². The van der Waals surface area contributed by atoms with Crippen LogP contribution in [-0.2, 0) is 0 Å². The number of benzene rings is 9. The second-order valence-corrected chi connectivity index (χ2v) is 15.2. The van der Waals surface area contributed by atoms with Gasteiger partial charge in [0.25, 0.3) is 0 Å². The third-order valence-corrected chi connectivity index (χ3v) is 11.6. The van der Waals surface area contributed by atoms with Crippen molar-refractivity contribution >= 4 is 43.7 Å². The predicted octanol–water partition coefficient (Wildman–Crippen LogP) is 14.9. The van der Waals surface area contributed by atoms with Gasteiger partial charge in [-0.05, 0) is 63.7 Å². The first kappa shape index (κ1) is 30.6. The number of fused-ring (bicyclic) bond motifs is 6.